The van der Waals surface area contributed by atoms with Crippen molar-refractivity contribution in [3.63, 3.8) is 0 Å². The summed E-state index contributed by atoms with van der Waals surface area (Å²) in [6.07, 6.45) is 5.90. The van der Waals surface area contributed by atoms with E-state index in [1.165, 1.54) is 6.07 Å². The first-order valence-electron chi connectivity index (χ1n) is 12.0. The van der Waals surface area contributed by atoms with E-state index in [9.17, 15) is 4.79 Å². The molecule has 172 valence electrons. The van der Waals surface area contributed by atoms with Crippen LogP contribution in [0.1, 0.15) is 51.0 Å². The molecule has 0 amide bonds. The van der Waals surface area contributed by atoms with Crippen LogP contribution in [0.3, 0.4) is 0 Å². The minimum atomic E-state index is -0.489. The number of carbonyl (C=O) groups excluding carboxylic acids is 1. The molecule has 5 rings (SSSR count). The van der Waals surface area contributed by atoms with Gasteiger partial charge in [-0.05, 0) is 68.4 Å². The van der Waals surface area contributed by atoms with Crippen LogP contribution >= 0.6 is 0 Å². The van der Waals surface area contributed by atoms with Crippen LogP contribution in [-0.4, -0.2) is 29.0 Å². The average molecular weight is 448 g/mol. The zero-order chi connectivity index (χ0) is 22.9. The maximum Gasteiger partial charge on any atom is 0.314 e. The Hall–Kier alpha value is -3.02. The fourth-order valence-corrected chi connectivity index (χ4v) is 4.96. The molecule has 1 aromatic heterocycles. The van der Waals surface area contributed by atoms with Gasteiger partial charge in [0.05, 0.1) is 17.0 Å². The molecule has 2 fully saturated rings. The molecule has 0 bridgehead atoms. The van der Waals surface area contributed by atoms with Crippen molar-refractivity contribution >= 4 is 22.7 Å². The molecule has 0 spiro atoms. The Balaban J connectivity index is 1.60. The lowest BCUT2D eigenvalue weighted by atomic mass is 9.99. The van der Waals surface area contributed by atoms with E-state index in [4.69, 9.17) is 14.7 Å². The first kappa shape index (κ1) is 21.8. The van der Waals surface area contributed by atoms with Gasteiger partial charge >= 0.3 is 5.97 Å². The van der Waals surface area contributed by atoms with Crippen molar-refractivity contribution in [1.29, 1.82) is 0 Å². The van der Waals surface area contributed by atoms with E-state index in [1.54, 1.807) is 12.1 Å². The van der Waals surface area contributed by atoms with Crippen molar-refractivity contribution in [3.8, 4) is 17.1 Å². The lowest BCUT2D eigenvalue weighted by Crippen LogP contribution is -2.33. The monoisotopic (exact) mass is 447 g/mol. The minimum absolute atomic E-state index is 0.118. The van der Waals surface area contributed by atoms with Crippen molar-refractivity contribution in [2.45, 2.75) is 52.4 Å². The van der Waals surface area contributed by atoms with Crippen LogP contribution in [0.4, 0.5) is 10.2 Å². The van der Waals surface area contributed by atoms with Crippen LogP contribution in [0.25, 0.3) is 22.3 Å². The number of esters is 1. The van der Waals surface area contributed by atoms with Crippen LogP contribution in [0.15, 0.2) is 36.4 Å². The van der Waals surface area contributed by atoms with Gasteiger partial charge in [0.2, 0.25) is 0 Å². The van der Waals surface area contributed by atoms with E-state index in [0.717, 1.165) is 73.9 Å². The largest absolute Gasteiger partial charge is 0.425 e. The predicted molar refractivity (Wildman–Crippen MR) is 128 cm³/mol. The third-order valence-corrected chi connectivity index (χ3v) is 7.01. The van der Waals surface area contributed by atoms with Crippen LogP contribution in [-0.2, 0) is 4.79 Å². The summed E-state index contributed by atoms with van der Waals surface area (Å²) in [7, 11) is 0. The Morgan fingerprint density at radius 1 is 1.06 bits per heavy atom. The van der Waals surface area contributed by atoms with Gasteiger partial charge < -0.3 is 9.64 Å². The number of hydrogen-bond donors (Lipinski definition) is 0. The van der Waals surface area contributed by atoms with Crippen molar-refractivity contribution in [1.82, 2.24) is 9.97 Å². The smallest absolute Gasteiger partial charge is 0.314 e. The fourth-order valence-electron chi connectivity index (χ4n) is 4.96. The quantitative estimate of drug-likeness (QED) is 0.359. The summed E-state index contributed by atoms with van der Waals surface area (Å²) >= 11 is 0. The first-order valence-corrected chi connectivity index (χ1v) is 12.0. The van der Waals surface area contributed by atoms with Gasteiger partial charge in [0.1, 0.15) is 17.4 Å². The highest BCUT2D eigenvalue weighted by molar-refractivity contribution is 5.92. The number of ether oxygens (including phenoxy) is 1. The number of fused-ring (bicyclic) bond motifs is 1. The highest BCUT2D eigenvalue weighted by Crippen LogP contribution is 2.36. The number of rotatable bonds is 4. The van der Waals surface area contributed by atoms with E-state index in [-0.39, 0.29) is 29.0 Å². The van der Waals surface area contributed by atoms with E-state index < -0.39 is 5.82 Å². The molecule has 1 aliphatic heterocycles. The molecule has 2 aromatic carbocycles. The average Bonchev–Trinajstić information content (AvgIpc) is 3.34. The van der Waals surface area contributed by atoms with Crippen molar-refractivity contribution in [2.24, 2.45) is 11.8 Å². The van der Waals surface area contributed by atoms with Gasteiger partial charge in [-0.25, -0.2) is 14.4 Å². The van der Waals surface area contributed by atoms with E-state index in [0.29, 0.717) is 5.92 Å². The second-order valence-electron chi connectivity index (χ2n) is 9.58. The lowest BCUT2D eigenvalue weighted by Gasteiger charge is -2.32. The minimum Gasteiger partial charge on any atom is -0.425 e. The summed E-state index contributed by atoms with van der Waals surface area (Å²) in [6, 6.07) is 10.7. The summed E-state index contributed by atoms with van der Waals surface area (Å²) in [5.41, 5.74) is 2.00. The molecule has 6 heteroatoms. The molecule has 2 aliphatic rings. The maximum atomic E-state index is 15.2. The Labute approximate surface area is 194 Å². The molecular formula is C27H30FN3O2. The van der Waals surface area contributed by atoms with Gasteiger partial charge in [0, 0.05) is 18.5 Å². The van der Waals surface area contributed by atoms with Crippen LogP contribution < -0.4 is 9.64 Å². The predicted octanol–water partition coefficient (Wildman–Crippen LogP) is 6.08. The molecule has 1 aliphatic carbocycles. The summed E-state index contributed by atoms with van der Waals surface area (Å²) < 4.78 is 20.9. The Kier molecular flexibility index (Phi) is 6.00. The van der Waals surface area contributed by atoms with E-state index >= 15 is 4.39 Å². The van der Waals surface area contributed by atoms with Crippen LogP contribution in [0.2, 0.25) is 0 Å². The summed E-state index contributed by atoms with van der Waals surface area (Å²) in [5.74, 6) is 1.05. The number of carbonyl (C=O) groups is 1. The number of aromatic nitrogens is 2. The molecule has 1 saturated carbocycles. The first-order chi connectivity index (χ1) is 16.0. The lowest BCUT2D eigenvalue weighted by molar-refractivity contribution is -0.138. The molecule has 33 heavy (non-hydrogen) atoms. The number of halogens is 1. The van der Waals surface area contributed by atoms with E-state index in [1.807, 2.05) is 19.1 Å². The molecule has 0 unspecified atom stereocenters. The third-order valence-electron chi connectivity index (χ3n) is 7.01. The molecule has 0 atom stereocenters. The number of piperidine rings is 1. The van der Waals surface area contributed by atoms with E-state index in [2.05, 4.69) is 17.9 Å². The van der Waals surface area contributed by atoms with Crippen LogP contribution in [0.5, 0.6) is 5.75 Å². The molecular weight excluding hydrogens is 417 g/mol. The highest BCUT2D eigenvalue weighted by atomic mass is 19.1. The molecule has 3 aromatic rings. The Morgan fingerprint density at radius 2 is 1.82 bits per heavy atom. The van der Waals surface area contributed by atoms with Gasteiger partial charge in [-0.15, -0.1) is 0 Å². The normalized spacial score (nSPS) is 17.6. The fraction of sp³-hybridized carbons (Fsp3) is 0.444. The SMILES string of the molecule is Cc1ccc2c(N3CCC(C)CC3)nc(-c3c(F)cccc3OC(=O)C3CCCC3)nc2c1. The Bertz CT molecular complexity index is 1180. The molecule has 0 radical (unpaired) electrons. The number of aryl methyl sites for hydroxylation is 1. The van der Waals surface area contributed by atoms with Crippen molar-refractivity contribution < 1.29 is 13.9 Å². The zero-order valence-electron chi connectivity index (χ0n) is 19.3. The third kappa shape index (κ3) is 4.43. The molecule has 0 N–H and O–H groups in total. The highest BCUT2D eigenvalue weighted by Gasteiger charge is 2.27. The van der Waals surface area contributed by atoms with Crippen molar-refractivity contribution in [3.05, 3.63) is 47.8 Å². The summed E-state index contributed by atoms with van der Waals surface area (Å²) in [6.45, 7) is 6.10. The number of hydrogen-bond acceptors (Lipinski definition) is 5. The number of nitrogens with zero attached hydrogens (tertiary/aromatic N) is 3. The second-order valence-corrected chi connectivity index (χ2v) is 9.58. The molecule has 1 saturated heterocycles. The Morgan fingerprint density at radius 3 is 2.58 bits per heavy atom. The van der Waals surface area contributed by atoms with Gasteiger partial charge in [-0.1, -0.05) is 31.9 Å². The topological polar surface area (TPSA) is 55.3 Å². The standard InChI is InChI=1S/C27H30FN3O2/c1-17-12-14-31(15-13-17)26-20-11-10-18(2)16-22(20)29-25(30-26)24-21(28)8-5-9-23(24)33-27(32)19-6-3-4-7-19/h5,8-11,16-17,19H,3-4,6-7,12-15H2,1-2H3. The van der Waals surface area contributed by atoms with Crippen LogP contribution in [0, 0.1) is 24.6 Å². The second kappa shape index (κ2) is 9.08. The zero-order valence-corrected chi connectivity index (χ0v) is 19.3. The van der Waals surface area contributed by atoms with Gasteiger partial charge in [-0.2, -0.15) is 0 Å². The number of benzene rings is 2. The maximum absolute atomic E-state index is 15.2. The van der Waals surface area contributed by atoms with Crippen molar-refractivity contribution in [2.75, 3.05) is 18.0 Å². The molecule has 5 nitrogen and oxygen atoms in total. The summed E-state index contributed by atoms with van der Waals surface area (Å²) in [5, 5.41) is 0.958. The summed E-state index contributed by atoms with van der Waals surface area (Å²) in [4.78, 5) is 24.6. The molecule has 2 heterocycles. The van der Waals surface area contributed by atoms with Gasteiger partial charge in [-0.3, -0.25) is 4.79 Å². The number of anilines is 1. The van der Waals surface area contributed by atoms with Gasteiger partial charge in [0.15, 0.2) is 5.82 Å². The van der Waals surface area contributed by atoms with Gasteiger partial charge in [0.25, 0.3) is 0 Å².